The maximum absolute atomic E-state index is 13.5. The topological polar surface area (TPSA) is 45.6 Å². The zero-order valence-corrected chi connectivity index (χ0v) is 18.6. The van der Waals surface area contributed by atoms with Crippen molar-refractivity contribution >= 4 is 10.9 Å². The Hall–Kier alpha value is -3.11. The molecule has 4 nitrogen and oxygen atoms in total. The molecule has 0 aliphatic carbocycles. The van der Waals surface area contributed by atoms with Crippen LogP contribution in [0.1, 0.15) is 46.6 Å². The molecule has 3 aromatic rings. The van der Waals surface area contributed by atoms with Crippen molar-refractivity contribution in [1.82, 2.24) is 9.88 Å². The quantitative estimate of drug-likeness (QED) is 0.401. The molecule has 4 rings (SSSR count). The van der Waals surface area contributed by atoms with Gasteiger partial charge >= 0.3 is 12.4 Å². The van der Waals surface area contributed by atoms with Crippen LogP contribution in [0.3, 0.4) is 0 Å². The first-order chi connectivity index (χ1) is 16.4. The van der Waals surface area contributed by atoms with Crippen molar-refractivity contribution in [2.75, 3.05) is 13.6 Å². The van der Waals surface area contributed by atoms with E-state index in [1.54, 1.807) is 18.2 Å². The number of hydrogen-bond acceptors (Lipinski definition) is 4. The van der Waals surface area contributed by atoms with Gasteiger partial charge in [0.1, 0.15) is 11.8 Å². The van der Waals surface area contributed by atoms with Gasteiger partial charge in [0.05, 0.1) is 23.4 Å². The van der Waals surface area contributed by atoms with Crippen LogP contribution in [0, 0.1) is 0 Å². The Morgan fingerprint density at radius 3 is 2.46 bits per heavy atom. The lowest BCUT2D eigenvalue weighted by atomic mass is 9.98. The van der Waals surface area contributed by atoms with Crippen molar-refractivity contribution < 1.29 is 36.2 Å². The van der Waals surface area contributed by atoms with Crippen LogP contribution in [-0.4, -0.2) is 28.6 Å². The van der Waals surface area contributed by atoms with E-state index in [1.165, 1.54) is 6.07 Å². The fourth-order valence-corrected chi connectivity index (χ4v) is 4.25. The summed E-state index contributed by atoms with van der Waals surface area (Å²) in [4.78, 5) is 4.96. The van der Waals surface area contributed by atoms with Gasteiger partial charge in [-0.3, -0.25) is 4.90 Å². The number of likely N-dealkylation sites (N-methyl/N-ethyl adjacent to an activating group) is 1. The maximum atomic E-state index is 13.5. The Morgan fingerprint density at radius 2 is 1.80 bits per heavy atom. The van der Waals surface area contributed by atoms with Crippen molar-refractivity contribution in [2.45, 2.75) is 37.5 Å². The third kappa shape index (κ3) is 5.43. The van der Waals surface area contributed by atoms with E-state index in [-0.39, 0.29) is 23.6 Å². The number of halogens is 6. The smallest absolute Gasteiger partial charge is 0.433 e. The molecule has 1 aliphatic heterocycles. The number of pyridine rings is 1. The summed E-state index contributed by atoms with van der Waals surface area (Å²) in [6.07, 6.45) is -7.31. The Balaban J connectivity index is 1.65. The molecule has 1 N–H and O–H groups in total. The number of aliphatic hydroxyl groups is 1. The Morgan fingerprint density at radius 1 is 1.06 bits per heavy atom. The number of nitrogens with zero attached hydrogens (tertiary/aromatic N) is 2. The summed E-state index contributed by atoms with van der Waals surface area (Å²) in [6, 6.07) is 11.1. The van der Waals surface area contributed by atoms with Crippen molar-refractivity contribution in [2.24, 2.45) is 0 Å². The second-order valence-corrected chi connectivity index (χ2v) is 8.44. The average molecular weight is 496 g/mol. The molecule has 2 heterocycles. The van der Waals surface area contributed by atoms with Gasteiger partial charge in [0.2, 0.25) is 0 Å². The van der Waals surface area contributed by atoms with Gasteiger partial charge < -0.3 is 9.84 Å². The first-order valence-electron chi connectivity index (χ1n) is 10.8. The third-order valence-corrected chi connectivity index (χ3v) is 5.84. The summed E-state index contributed by atoms with van der Waals surface area (Å²) in [5.74, 6) is 0. The van der Waals surface area contributed by atoms with E-state index >= 15 is 0 Å². The number of aliphatic hydroxyl groups excluding tert-OH is 1. The lowest BCUT2D eigenvalue weighted by molar-refractivity contribution is -0.142. The molecule has 0 radical (unpaired) electrons. The molecular weight excluding hydrogens is 474 g/mol. The third-order valence-electron chi connectivity index (χ3n) is 5.84. The van der Waals surface area contributed by atoms with Crippen LogP contribution in [0.4, 0.5) is 26.3 Å². The van der Waals surface area contributed by atoms with Crippen LogP contribution in [-0.2, 0) is 23.6 Å². The first-order valence-corrected chi connectivity index (χ1v) is 10.8. The fraction of sp³-hybridized carbons (Fsp3) is 0.320. The summed E-state index contributed by atoms with van der Waals surface area (Å²) in [5, 5.41) is 10.7. The molecule has 10 heteroatoms. The van der Waals surface area contributed by atoms with E-state index in [0.29, 0.717) is 25.1 Å². The minimum absolute atomic E-state index is 0.120. The molecule has 2 unspecified atom stereocenters. The summed E-state index contributed by atoms with van der Waals surface area (Å²) in [5.41, 5.74) is -2.04. The molecule has 0 saturated carbocycles. The van der Waals surface area contributed by atoms with E-state index in [4.69, 9.17) is 4.74 Å². The largest absolute Gasteiger partial charge is 0.493 e. The minimum atomic E-state index is -4.98. The molecule has 2 aromatic carbocycles. The van der Waals surface area contributed by atoms with Crippen LogP contribution >= 0.6 is 0 Å². The summed E-state index contributed by atoms with van der Waals surface area (Å²) >= 11 is 0. The molecule has 1 aliphatic rings. The van der Waals surface area contributed by atoms with Crippen LogP contribution in [0.15, 0.2) is 60.9 Å². The highest BCUT2D eigenvalue weighted by molar-refractivity contribution is 5.86. The van der Waals surface area contributed by atoms with Gasteiger partial charge in [-0.05, 0) is 41.9 Å². The van der Waals surface area contributed by atoms with Crippen molar-refractivity contribution in [3.05, 3.63) is 88.8 Å². The molecule has 35 heavy (non-hydrogen) atoms. The molecule has 2 atom stereocenters. The molecule has 186 valence electrons. The predicted molar refractivity (Wildman–Crippen MR) is 117 cm³/mol. The van der Waals surface area contributed by atoms with Gasteiger partial charge in [0.25, 0.3) is 0 Å². The van der Waals surface area contributed by atoms with E-state index in [2.05, 4.69) is 4.98 Å². The highest BCUT2D eigenvalue weighted by Gasteiger charge is 2.38. The number of aromatic nitrogens is 1. The van der Waals surface area contributed by atoms with Gasteiger partial charge in [0.15, 0.2) is 0 Å². The molecule has 0 saturated heterocycles. The zero-order valence-electron chi connectivity index (χ0n) is 18.6. The molecule has 0 amide bonds. The van der Waals surface area contributed by atoms with Crippen molar-refractivity contribution in [3.63, 3.8) is 0 Å². The summed E-state index contributed by atoms with van der Waals surface area (Å²) < 4.78 is 86.5. The molecule has 0 bridgehead atoms. The van der Waals surface area contributed by atoms with Crippen molar-refractivity contribution in [3.8, 4) is 0 Å². The van der Waals surface area contributed by atoms with E-state index < -0.39 is 35.2 Å². The standard InChI is InChI=1S/C25H22F6N2O2/c1-33(13-15-6-2-3-7-16(15)21-10-5-11-35-21)14-20(34)18-12-22(25(29,30)31)32-23-17(18)8-4-9-19(23)24(26,27)28/h2-9,11-12,20-21,34H,10,13-14H2,1H3. The van der Waals surface area contributed by atoms with Crippen LogP contribution < -0.4 is 0 Å². The van der Waals surface area contributed by atoms with E-state index in [9.17, 15) is 31.4 Å². The lowest BCUT2D eigenvalue weighted by Crippen LogP contribution is -2.25. The van der Waals surface area contributed by atoms with Crippen LogP contribution in [0.25, 0.3) is 10.9 Å². The number of alkyl halides is 6. The van der Waals surface area contributed by atoms with Gasteiger partial charge in [-0.25, -0.2) is 4.98 Å². The highest BCUT2D eigenvalue weighted by Crippen LogP contribution is 2.39. The second kappa shape index (κ2) is 9.50. The first kappa shape index (κ1) is 25.0. The monoisotopic (exact) mass is 496 g/mol. The number of hydrogen-bond donors (Lipinski definition) is 1. The Labute approximate surface area is 197 Å². The van der Waals surface area contributed by atoms with E-state index in [0.717, 1.165) is 17.2 Å². The average Bonchev–Trinajstić information content (AvgIpc) is 3.31. The number of fused-ring (bicyclic) bond motifs is 1. The Bertz CT molecular complexity index is 1230. The fourth-order valence-electron chi connectivity index (χ4n) is 4.25. The number of rotatable bonds is 6. The number of para-hydroxylation sites is 1. The molecule has 0 spiro atoms. The number of benzene rings is 2. The van der Waals surface area contributed by atoms with E-state index in [1.807, 2.05) is 30.3 Å². The van der Waals surface area contributed by atoms with Gasteiger partial charge in [-0.1, -0.05) is 36.4 Å². The molecule has 0 fully saturated rings. The highest BCUT2D eigenvalue weighted by atomic mass is 19.4. The van der Waals surface area contributed by atoms with Crippen molar-refractivity contribution in [1.29, 1.82) is 0 Å². The second-order valence-electron chi connectivity index (χ2n) is 8.44. The maximum Gasteiger partial charge on any atom is 0.433 e. The summed E-state index contributed by atoms with van der Waals surface area (Å²) in [6.45, 7) is 0.223. The van der Waals surface area contributed by atoms with Gasteiger partial charge in [0, 0.05) is 24.9 Å². The molecular formula is C25H22F6N2O2. The lowest BCUT2D eigenvalue weighted by Gasteiger charge is -2.25. The SMILES string of the molecule is CN(Cc1ccccc1C1CC=CO1)CC(O)c1cc(C(F)(F)F)nc2c(C(F)(F)F)cccc12. The normalized spacial score (nSPS) is 17.2. The zero-order chi connectivity index (χ0) is 25.4. The van der Waals surface area contributed by atoms with Crippen LogP contribution in [0.2, 0.25) is 0 Å². The number of ether oxygens (including phenoxy) is 1. The van der Waals surface area contributed by atoms with Crippen LogP contribution in [0.5, 0.6) is 0 Å². The van der Waals surface area contributed by atoms with Gasteiger partial charge in [-0.15, -0.1) is 0 Å². The minimum Gasteiger partial charge on any atom is -0.493 e. The summed E-state index contributed by atoms with van der Waals surface area (Å²) in [7, 11) is 1.67. The van der Waals surface area contributed by atoms with Gasteiger partial charge in [-0.2, -0.15) is 26.3 Å². The predicted octanol–water partition coefficient (Wildman–Crippen LogP) is 6.41. The molecule has 1 aromatic heterocycles. The Kier molecular flexibility index (Phi) is 6.79.